The molecular formula is C12H13BrClNO3. The fourth-order valence-electron chi connectivity index (χ4n) is 1.32. The molecule has 6 heteroatoms. The predicted octanol–water partition coefficient (Wildman–Crippen LogP) is 2.84. The summed E-state index contributed by atoms with van der Waals surface area (Å²) in [5, 5.41) is 2.89. The molecule has 98 valence electrons. The van der Waals surface area contributed by atoms with Crippen LogP contribution in [0.1, 0.15) is 18.9 Å². The highest BCUT2D eigenvalue weighted by atomic mass is 79.9. The van der Waals surface area contributed by atoms with Crippen molar-refractivity contribution >= 4 is 39.4 Å². The maximum Gasteiger partial charge on any atom is 0.313 e. The van der Waals surface area contributed by atoms with Crippen molar-refractivity contribution in [3.8, 4) is 5.75 Å². The first-order valence-corrected chi connectivity index (χ1v) is 6.48. The third-order valence-electron chi connectivity index (χ3n) is 2.11. The molecule has 1 aromatic rings. The summed E-state index contributed by atoms with van der Waals surface area (Å²) in [5.74, 6) is -0.260. The molecule has 0 aliphatic rings. The van der Waals surface area contributed by atoms with Crippen LogP contribution in [0.5, 0.6) is 5.75 Å². The van der Waals surface area contributed by atoms with Gasteiger partial charge in [0.2, 0.25) is 5.91 Å². The Morgan fingerprint density at radius 3 is 2.67 bits per heavy atom. The van der Waals surface area contributed by atoms with Crippen molar-refractivity contribution in [3.05, 3.63) is 27.2 Å². The number of hydrogen-bond acceptors (Lipinski definition) is 3. The van der Waals surface area contributed by atoms with Crippen molar-refractivity contribution in [2.45, 2.75) is 20.3 Å². The Bertz CT molecular complexity index is 453. The fourth-order valence-corrected chi connectivity index (χ4v) is 2.33. The molecule has 0 unspecified atom stereocenters. The number of aryl methyl sites for hydroxylation is 1. The Morgan fingerprint density at radius 2 is 2.11 bits per heavy atom. The van der Waals surface area contributed by atoms with Gasteiger partial charge in [-0.1, -0.05) is 27.5 Å². The lowest BCUT2D eigenvalue weighted by Gasteiger charge is -2.10. The van der Waals surface area contributed by atoms with E-state index < -0.39 is 5.97 Å². The van der Waals surface area contributed by atoms with Gasteiger partial charge in [0.25, 0.3) is 0 Å². The van der Waals surface area contributed by atoms with Crippen molar-refractivity contribution in [3.63, 3.8) is 0 Å². The average molecular weight is 335 g/mol. The van der Waals surface area contributed by atoms with E-state index in [0.29, 0.717) is 10.8 Å². The second-order valence-corrected chi connectivity index (χ2v) is 5.06. The first-order valence-electron chi connectivity index (χ1n) is 5.31. The molecule has 1 rings (SSSR count). The van der Waals surface area contributed by atoms with Crippen molar-refractivity contribution in [1.29, 1.82) is 0 Å². The lowest BCUT2D eigenvalue weighted by molar-refractivity contribution is -0.134. The normalized spacial score (nSPS) is 10.0. The second kappa shape index (κ2) is 6.75. The molecule has 0 heterocycles. The first kappa shape index (κ1) is 15.0. The van der Waals surface area contributed by atoms with Crippen LogP contribution < -0.4 is 10.1 Å². The van der Waals surface area contributed by atoms with E-state index in [0.717, 1.165) is 10.0 Å². The second-order valence-electron chi connectivity index (χ2n) is 3.74. The fraction of sp³-hybridized carbons (Fsp3) is 0.333. The molecule has 18 heavy (non-hydrogen) atoms. The number of hydrogen-bond donors (Lipinski definition) is 1. The van der Waals surface area contributed by atoms with Crippen LogP contribution in [-0.2, 0) is 9.59 Å². The van der Waals surface area contributed by atoms with E-state index in [9.17, 15) is 9.59 Å². The monoisotopic (exact) mass is 333 g/mol. The molecule has 0 fully saturated rings. The summed E-state index contributed by atoms with van der Waals surface area (Å²) in [6, 6.07) is 3.47. The highest BCUT2D eigenvalue weighted by molar-refractivity contribution is 9.10. The van der Waals surface area contributed by atoms with Crippen molar-refractivity contribution in [2.75, 3.05) is 6.54 Å². The Morgan fingerprint density at radius 1 is 1.44 bits per heavy atom. The smallest absolute Gasteiger partial charge is 0.313 e. The van der Waals surface area contributed by atoms with Gasteiger partial charge >= 0.3 is 5.97 Å². The summed E-state index contributed by atoms with van der Waals surface area (Å²) in [5.41, 5.74) is 0.766. The number of esters is 1. The van der Waals surface area contributed by atoms with E-state index in [4.69, 9.17) is 16.3 Å². The summed E-state index contributed by atoms with van der Waals surface area (Å²) in [4.78, 5) is 22.2. The topological polar surface area (TPSA) is 55.4 Å². The molecule has 0 aliphatic heterocycles. The Kier molecular flexibility index (Phi) is 5.62. The van der Waals surface area contributed by atoms with Gasteiger partial charge in [0.1, 0.15) is 0 Å². The van der Waals surface area contributed by atoms with Crippen LogP contribution in [0.4, 0.5) is 0 Å². The summed E-state index contributed by atoms with van der Waals surface area (Å²) in [7, 11) is 0. The maximum atomic E-state index is 11.5. The minimum Gasteiger partial charge on any atom is -0.425 e. The van der Waals surface area contributed by atoms with Gasteiger partial charge in [-0.15, -0.1) is 0 Å². The maximum absolute atomic E-state index is 11.5. The lowest BCUT2D eigenvalue weighted by Crippen LogP contribution is -2.24. The Labute approximate surface area is 119 Å². The molecule has 1 N–H and O–H groups in total. The van der Waals surface area contributed by atoms with Crippen LogP contribution in [0.15, 0.2) is 16.6 Å². The van der Waals surface area contributed by atoms with E-state index in [1.807, 2.05) is 6.07 Å². The summed E-state index contributed by atoms with van der Waals surface area (Å²) >= 11 is 9.29. The minimum atomic E-state index is -0.434. The third-order valence-corrected chi connectivity index (χ3v) is 2.85. The SMILES string of the molecule is CC(=O)NCCC(=O)Oc1c(C)cc(Br)cc1Cl. The van der Waals surface area contributed by atoms with Gasteiger partial charge < -0.3 is 10.1 Å². The van der Waals surface area contributed by atoms with Gasteiger partial charge in [-0.25, -0.2) is 0 Å². The van der Waals surface area contributed by atoms with Crippen LogP contribution in [0.3, 0.4) is 0 Å². The number of amides is 1. The van der Waals surface area contributed by atoms with Gasteiger partial charge in [-0.05, 0) is 24.6 Å². The van der Waals surface area contributed by atoms with Crippen molar-refractivity contribution in [2.24, 2.45) is 0 Å². The van der Waals surface area contributed by atoms with E-state index in [1.165, 1.54) is 6.92 Å². The first-order chi connectivity index (χ1) is 8.40. The molecule has 0 radical (unpaired) electrons. The minimum absolute atomic E-state index is 0.103. The predicted molar refractivity (Wildman–Crippen MR) is 72.8 cm³/mol. The molecule has 0 aromatic heterocycles. The van der Waals surface area contributed by atoms with Gasteiger partial charge in [0.05, 0.1) is 11.4 Å². The number of carbonyl (C=O) groups excluding carboxylic acids is 2. The zero-order valence-electron chi connectivity index (χ0n) is 10.0. The summed E-state index contributed by atoms with van der Waals surface area (Å²) < 4.78 is 5.99. The van der Waals surface area contributed by atoms with E-state index >= 15 is 0 Å². The molecule has 0 saturated heterocycles. The highest BCUT2D eigenvalue weighted by Gasteiger charge is 2.12. The molecule has 0 spiro atoms. The zero-order valence-corrected chi connectivity index (χ0v) is 12.4. The molecule has 0 aliphatic carbocycles. The van der Waals surface area contributed by atoms with Crippen LogP contribution in [0.25, 0.3) is 0 Å². The number of halogens is 2. The Hall–Kier alpha value is -1.07. The number of ether oxygens (including phenoxy) is 1. The summed E-state index contributed by atoms with van der Waals surface area (Å²) in [6.45, 7) is 3.44. The number of carbonyl (C=O) groups is 2. The zero-order chi connectivity index (χ0) is 13.7. The largest absolute Gasteiger partial charge is 0.425 e. The van der Waals surface area contributed by atoms with Crippen LogP contribution in [0, 0.1) is 6.92 Å². The van der Waals surface area contributed by atoms with Crippen molar-refractivity contribution < 1.29 is 14.3 Å². The van der Waals surface area contributed by atoms with Crippen LogP contribution >= 0.6 is 27.5 Å². The van der Waals surface area contributed by atoms with Gasteiger partial charge in [0.15, 0.2) is 5.75 Å². The lowest BCUT2D eigenvalue weighted by atomic mass is 10.2. The van der Waals surface area contributed by atoms with Crippen LogP contribution in [-0.4, -0.2) is 18.4 Å². The van der Waals surface area contributed by atoms with Crippen LogP contribution in [0.2, 0.25) is 5.02 Å². The average Bonchev–Trinajstić information content (AvgIpc) is 2.22. The molecule has 0 saturated carbocycles. The highest BCUT2D eigenvalue weighted by Crippen LogP contribution is 2.32. The molecule has 1 amide bonds. The standard InChI is InChI=1S/C12H13BrClNO3/c1-7-5-9(13)6-10(14)12(7)18-11(17)3-4-15-8(2)16/h5-6H,3-4H2,1-2H3,(H,15,16). The summed E-state index contributed by atoms with van der Waals surface area (Å²) in [6.07, 6.45) is 0.103. The molecule has 0 bridgehead atoms. The van der Waals surface area contributed by atoms with Gasteiger partial charge in [-0.3, -0.25) is 9.59 Å². The number of rotatable bonds is 4. The molecule has 1 aromatic carbocycles. The molecule has 4 nitrogen and oxygen atoms in total. The van der Waals surface area contributed by atoms with E-state index in [-0.39, 0.29) is 18.9 Å². The number of benzene rings is 1. The number of nitrogens with one attached hydrogen (secondary N) is 1. The van der Waals surface area contributed by atoms with E-state index in [2.05, 4.69) is 21.2 Å². The third kappa shape index (κ3) is 4.66. The van der Waals surface area contributed by atoms with E-state index in [1.54, 1.807) is 13.0 Å². The molecular weight excluding hydrogens is 321 g/mol. The Balaban J connectivity index is 2.62. The van der Waals surface area contributed by atoms with Gasteiger partial charge in [-0.2, -0.15) is 0 Å². The van der Waals surface area contributed by atoms with Gasteiger partial charge in [0, 0.05) is 17.9 Å². The van der Waals surface area contributed by atoms with Crippen molar-refractivity contribution in [1.82, 2.24) is 5.32 Å². The quantitative estimate of drug-likeness (QED) is 0.680. The molecule has 0 atom stereocenters.